The van der Waals surface area contributed by atoms with Crippen molar-refractivity contribution in [3.63, 3.8) is 0 Å². The van der Waals surface area contributed by atoms with E-state index in [4.69, 9.17) is 4.74 Å². The van der Waals surface area contributed by atoms with Crippen molar-refractivity contribution >= 4 is 17.9 Å². The Bertz CT molecular complexity index is 1010. The van der Waals surface area contributed by atoms with E-state index in [2.05, 4.69) is 10.6 Å². The lowest BCUT2D eigenvalue weighted by Gasteiger charge is -2.51. The molecule has 0 radical (unpaired) electrons. The summed E-state index contributed by atoms with van der Waals surface area (Å²) in [6.07, 6.45) is 2.64. The Morgan fingerprint density at radius 3 is 2.47 bits per heavy atom. The van der Waals surface area contributed by atoms with Gasteiger partial charge in [0.15, 0.2) is 0 Å². The summed E-state index contributed by atoms with van der Waals surface area (Å²) < 4.78 is 5.65. The number of ether oxygens (including phenoxy) is 1. The van der Waals surface area contributed by atoms with Crippen molar-refractivity contribution < 1.29 is 24.2 Å². The molecule has 2 heterocycles. The molecule has 1 aliphatic carbocycles. The standard InChI is InChI=1S/C28H41N3O5/c1-18(2)22(30-23(32)21-7-6-12-27(21)13-15-29-25(34)36-27)24(33)31-16-14-28(35,26(4,5)17-31)20-10-8-19(3)9-11-20/h8-11,18,21-22,35H,6-7,12-17H2,1-5H3,(H,29,34)(H,30,32)/t21?,22-,27?,28+/m1/s1. The highest BCUT2D eigenvalue weighted by Crippen LogP contribution is 2.46. The molecule has 1 aromatic carbocycles. The van der Waals surface area contributed by atoms with Crippen LogP contribution in [-0.2, 0) is 19.9 Å². The van der Waals surface area contributed by atoms with Crippen molar-refractivity contribution in [1.82, 2.24) is 15.5 Å². The number of benzene rings is 1. The third kappa shape index (κ3) is 4.72. The van der Waals surface area contributed by atoms with Crippen LogP contribution in [0.4, 0.5) is 4.79 Å². The molecular formula is C28H41N3O5. The van der Waals surface area contributed by atoms with Crippen molar-refractivity contribution in [3.8, 4) is 0 Å². The number of piperidine rings is 1. The number of aryl methyl sites for hydroxylation is 1. The van der Waals surface area contributed by atoms with Crippen molar-refractivity contribution in [3.05, 3.63) is 35.4 Å². The maximum Gasteiger partial charge on any atom is 0.407 e. The Hall–Kier alpha value is -2.61. The average Bonchev–Trinajstić information content (AvgIpc) is 3.21. The highest BCUT2D eigenvalue weighted by molar-refractivity contribution is 5.89. The molecule has 2 saturated heterocycles. The fourth-order valence-corrected chi connectivity index (χ4v) is 6.32. The van der Waals surface area contributed by atoms with Gasteiger partial charge in [0.05, 0.1) is 11.5 Å². The first kappa shape index (κ1) is 26.5. The fraction of sp³-hybridized carbons (Fsp3) is 0.679. The Kier molecular flexibility index (Phi) is 7.12. The zero-order chi connectivity index (χ0) is 26.3. The van der Waals surface area contributed by atoms with Crippen LogP contribution in [0.1, 0.15) is 70.9 Å². The van der Waals surface area contributed by atoms with Gasteiger partial charge in [-0.15, -0.1) is 0 Å². The van der Waals surface area contributed by atoms with Gasteiger partial charge < -0.3 is 25.4 Å². The normalized spacial score (nSPS) is 30.6. The van der Waals surface area contributed by atoms with E-state index in [1.54, 1.807) is 4.90 Å². The minimum atomic E-state index is -1.05. The van der Waals surface area contributed by atoms with E-state index in [9.17, 15) is 19.5 Å². The number of nitrogens with one attached hydrogen (secondary N) is 2. The number of nitrogens with zero attached hydrogens (tertiary/aromatic N) is 1. The van der Waals surface area contributed by atoms with Crippen molar-refractivity contribution in [2.75, 3.05) is 19.6 Å². The maximum atomic E-state index is 13.7. The van der Waals surface area contributed by atoms with E-state index in [1.165, 1.54) is 0 Å². The summed E-state index contributed by atoms with van der Waals surface area (Å²) in [6.45, 7) is 11.1. The molecule has 36 heavy (non-hydrogen) atoms. The number of carbonyl (C=O) groups excluding carboxylic acids is 3. The summed E-state index contributed by atoms with van der Waals surface area (Å²) in [6, 6.07) is 7.25. The predicted octanol–water partition coefficient (Wildman–Crippen LogP) is 3.25. The lowest BCUT2D eigenvalue weighted by Crippen LogP contribution is -2.61. The van der Waals surface area contributed by atoms with Crippen LogP contribution in [0.25, 0.3) is 0 Å². The topological polar surface area (TPSA) is 108 Å². The van der Waals surface area contributed by atoms with Crippen molar-refractivity contribution in [2.24, 2.45) is 17.3 Å². The zero-order valence-electron chi connectivity index (χ0n) is 22.2. The van der Waals surface area contributed by atoms with Crippen LogP contribution in [0, 0.1) is 24.2 Å². The summed E-state index contributed by atoms with van der Waals surface area (Å²) in [5.74, 6) is -0.925. The smallest absolute Gasteiger partial charge is 0.407 e. The fourth-order valence-electron chi connectivity index (χ4n) is 6.32. The quantitative estimate of drug-likeness (QED) is 0.576. The molecule has 1 saturated carbocycles. The van der Waals surface area contributed by atoms with Gasteiger partial charge in [0, 0.05) is 31.5 Å². The summed E-state index contributed by atoms with van der Waals surface area (Å²) in [7, 11) is 0. The average molecular weight is 500 g/mol. The number of likely N-dealkylation sites (tertiary alicyclic amines) is 1. The molecule has 1 spiro atoms. The van der Waals surface area contributed by atoms with Crippen LogP contribution in [0.5, 0.6) is 0 Å². The third-order valence-corrected chi connectivity index (χ3v) is 8.68. The maximum absolute atomic E-state index is 13.7. The first-order valence-corrected chi connectivity index (χ1v) is 13.2. The van der Waals surface area contributed by atoms with Gasteiger partial charge >= 0.3 is 6.09 Å². The molecule has 8 nitrogen and oxygen atoms in total. The van der Waals surface area contributed by atoms with Crippen LogP contribution >= 0.6 is 0 Å². The van der Waals surface area contributed by atoms with Gasteiger partial charge in [-0.3, -0.25) is 9.59 Å². The summed E-state index contributed by atoms with van der Waals surface area (Å²) in [5.41, 5.74) is -0.424. The van der Waals surface area contributed by atoms with E-state index >= 15 is 0 Å². The molecule has 4 rings (SSSR count). The van der Waals surface area contributed by atoms with Crippen LogP contribution in [0.2, 0.25) is 0 Å². The highest BCUT2D eigenvalue weighted by Gasteiger charge is 2.53. The molecule has 3 fully saturated rings. The Morgan fingerprint density at radius 2 is 1.86 bits per heavy atom. The number of alkyl carbamates (subject to hydrolysis) is 1. The van der Waals surface area contributed by atoms with E-state index in [0.717, 1.165) is 17.5 Å². The van der Waals surface area contributed by atoms with Gasteiger partial charge in [-0.1, -0.05) is 57.5 Å². The number of hydrogen-bond acceptors (Lipinski definition) is 5. The van der Waals surface area contributed by atoms with Gasteiger partial charge in [-0.2, -0.15) is 0 Å². The number of aliphatic hydroxyl groups is 1. The second kappa shape index (κ2) is 9.69. The predicted molar refractivity (Wildman–Crippen MR) is 136 cm³/mol. The summed E-state index contributed by atoms with van der Waals surface area (Å²) >= 11 is 0. The van der Waals surface area contributed by atoms with Crippen LogP contribution < -0.4 is 10.6 Å². The number of amides is 3. The van der Waals surface area contributed by atoms with Gasteiger partial charge in [-0.05, 0) is 44.1 Å². The molecular weight excluding hydrogens is 458 g/mol. The first-order chi connectivity index (χ1) is 16.9. The Labute approximate surface area is 214 Å². The molecule has 3 N–H and O–H groups in total. The minimum Gasteiger partial charge on any atom is -0.442 e. The minimum absolute atomic E-state index is 0.115. The number of hydrogen-bond donors (Lipinski definition) is 3. The highest BCUT2D eigenvalue weighted by atomic mass is 16.6. The monoisotopic (exact) mass is 499 g/mol. The van der Waals surface area contributed by atoms with Gasteiger partial charge in [0.2, 0.25) is 11.8 Å². The molecule has 3 amide bonds. The molecule has 0 bridgehead atoms. The van der Waals surface area contributed by atoms with Crippen molar-refractivity contribution in [1.29, 1.82) is 0 Å². The Morgan fingerprint density at radius 1 is 1.17 bits per heavy atom. The largest absolute Gasteiger partial charge is 0.442 e. The summed E-state index contributed by atoms with van der Waals surface area (Å²) in [4.78, 5) is 40.9. The first-order valence-electron chi connectivity index (χ1n) is 13.2. The molecule has 2 unspecified atom stereocenters. The van der Waals surface area contributed by atoms with E-state index in [0.29, 0.717) is 45.3 Å². The summed E-state index contributed by atoms with van der Waals surface area (Å²) in [5, 5.41) is 17.4. The van der Waals surface area contributed by atoms with Crippen LogP contribution in [-0.4, -0.2) is 59.2 Å². The molecule has 8 heteroatoms. The van der Waals surface area contributed by atoms with Gasteiger partial charge in [0.25, 0.3) is 0 Å². The number of rotatable bonds is 5. The zero-order valence-corrected chi connectivity index (χ0v) is 22.2. The van der Waals surface area contributed by atoms with Gasteiger partial charge in [0.1, 0.15) is 11.6 Å². The molecule has 2 aliphatic heterocycles. The van der Waals surface area contributed by atoms with Crippen LogP contribution in [0.3, 0.4) is 0 Å². The lowest BCUT2D eigenvalue weighted by atomic mass is 9.66. The second-order valence-electron chi connectivity index (χ2n) is 11.9. The van der Waals surface area contributed by atoms with E-state index < -0.39 is 34.7 Å². The third-order valence-electron chi connectivity index (χ3n) is 8.68. The SMILES string of the molecule is Cc1ccc([C@@]2(O)CCN(C(=O)[C@H](NC(=O)C3CCCC34CCNC(=O)O4)C(C)C)CC2(C)C)cc1. The molecule has 198 valence electrons. The van der Waals surface area contributed by atoms with Crippen molar-refractivity contribution in [2.45, 2.75) is 84.0 Å². The number of carbonyl (C=O) groups is 3. The lowest BCUT2D eigenvalue weighted by molar-refractivity contribution is -0.157. The molecule has 1 aromatic rings. The second-order valence-corrected chi connectivity index (χ2v) is 11.9. The molecule has 4 atom stereocenters. The molecule has 3 aliphatic rings. The Balaban J connectivity index is 1.48. The molecule has 0 aromatic heterocycles. The van der Waals surface area contributed by atoms with Gasteiger partial charge in [-0.25, -0.2) is 4.79 Å². The van der Waals surface area contributed by atoms with E-state index in [-0.39, 0.29) is 17.7 Å². The van der Waals surface area contributed by atoms with E-state index in [1.807, 2.05) is 58.9 Å². The van der Waals surface area contributed by atoms with Crippen LogP contribution in [0.15, 0.2) is 24.3 Å².